The predicted octanol–water partition coefficient (Wildman–Crippen LogP) is 3.71. The molecule has 6 heteroatoms. The molecule has 2 N–H and O–H groups in total. The Balaban J connectivity index is 2.23. The molecule has 0 radical (unpaired) electrons. The van der Waals surface area contributed by atoms with Gasteiger partial charge >= 0.3 is 0 Å². The van der Waals surface area contributed by atoms with Crippen molar-refractivity contribution < 1.29 is 13.2 Å². The van der Waals surface area contributed by atoms with Gasteiger partial charge in [0.05, 0.1) is 11.4 Å². The molecule has 0 aliphatic heterocycles. The van der Waals surface area contributed by atoms with Crippen LogP contribution in [0.1, 0.15) is 34.8 Å². The van der Waals surface area contributed by atoms with Gasteiger partial charge in [0.2, 0.25) is 10.0 Å². The van der Waals surface area contributed by atoms with Crippen LogP contribution in [0.3, 0.4) is 0 Å². The zero-order chi connectivity index (χ0) is 17.7. The van der Waals surface area contributed by atoms with Gasteiger partial charge in [-0.2, -0.15) is 0 Å². The van der Waals surface area contributed by atoms with Crippen LogP contribution < -0.4 is 10.0 Å². The summed E-state index contributed by atoms with van der Waals surface area (Å²) in [6, 6.07) is 12.4. The van der Waals surface area contributed by atoms with Crippen LogP contribution in [0.2, 0.25) is 0 Å². The Bertz CT molecular complexity index is 845. The molecular formula is C18H22N2O3S. The molecule has 2 aromatic carbocycles. The maximum absolute atomic E-state index is 12.4. The first-order valence-corrected chi connectivity index (χ1v) is 9.46. The Morgan fingerprint density at radius 3 is 2.38 bits per heavy atom. The van der Waals surface area contributed by atoms with E-state index in [0.717, 1.165) is 5.56 Å². The molecule has 2 aromatic rings. The van der Waals surface area contributed by atoms with E-state index in [-0.39, 0.29) is 11.7 Å². The van der Waals surface area contributed by atoms with Gasteiger partial charge in [-0.25, -0.2) is 8.42 Å². The molecule has 2 rings (SSSR count). The largest absolute Gasteiger partial charge is 0.322 e. The van der Waals surface area contributed by atoms with E-state index in [9.17, 15) is 13.2 Å². The third kappa shape index (κ3) is 4.58. The van der Waals surface area contributed by atoms with Crippen molar-refractivity contribution in [1.29, 1.82) is 0 Å². The summed E-state index contributed by atoms with van der Waals surface area (Å²) in [6.07, 6.45) is 0.540. The molecule has 24 heavy (non-hydrogen) atoms. The second kappa shape index (κ2) is 7.49. The van der Waals surface area contributed by atoms with Gasteiger partial charge in [-0.3, -0.25) is 9.52 Å². The van der Waals surface area contributed by atoms with E-state index in [0.29, 0.717) is 28.9 Å². The molecule has 0 spiro atoms. The molecule has 0 bridgehead atoms. The molecule has 0 aliphatic rings. The standard InChI is InChI=1S/C18H22N2O3S/c1-4-11-24(22,23)20-17-10-6-9-16(14(17)3)19-18(21)15-8-5-7-13(2)12-15/h5-10,12,20H,4,11H2,1-3H3,(H,19,21). The Morgan fingerprint density at radius 1 is 1.04 bits per heavy atom. The van der Waals surface area contributed by atoms with Crippen LogP contribution in [0.4, 0.5) is 11.4 Å². The summed E-state index contributed by atoms with van der Waals surface area (Å²) >= 11 is 0. The number of sulfonamides is 1. The van der Waals surface area contributed by atoms with E-state index >= 15 is 0 Å². The molecule has 0 heterocycles. The van der Waals surface area contributed by atoms with Gasteiger partial charge in [0.25, 0.3) is 5.91 Å². The van der Waals surface area contributed by atoms with Crippen molar-refractivity contribution in [2.24, 2.45) is 0 Å². The lowest BCUT2D eigenvalue weighted by molar-refractivity contribution is 0.102. The number of benzene rings is 2. The van der Waals surface area contributed by atoms with Gasteiger partial charge < -0.3 is 5.32 Å². The molecule has 0 atom stereocenters. The normalized spacial score (nSPS) is 11.1. The van der Waals surface area contributed by atoms with Crippen LogP contribution in [-0.2, 0) is 10.0 Å². The molecule has 0 aliphatic carbocycles. The third-order valence-electron chi connectivity index (χ3n) is 3.60. The lowest BCUT2D eigenvalue weighted by Crippen LogP contribution is -2.18. The van der Waals surface area contributed by atoms with Gasteiger partial charge in [0, 0.05) is 11.3 Å². The first kappa shape index (κ1) is 18.0. The van der Waals surface area contributed by atoms with E-state index < -0.39 is 10.0 Å². The fourth-order valence-corrected chi connectivity index (χ4v) is 3.55. The Morgan fingerprint density at radius 2 is 1.71 bits per heavy atom. The van der Waals surface area contributed by atoms with Crippen LogP contribution in [0, 0.1) is 13.8 Å². The van der Waals surface area contributed by atoms with Crippen LogP contribution in [0.5, 0.6) is 0 Å². The number of hydrogen-bond acceptors (Lipinski definition) is 3. The molecule has 5 nitrogen and oxygen atoms in total. The van der Waals surface area contributed by atoms with E-state index in [1.807, 2.05) is 26.0 Å². The van der Waals surface area contributed by atoms with Crippen molar-refractivity contribution in [2.45, 2.75) is 27.2 Å². The average molecular weight is 346 g/mol. The van der Waals surface area contributed by atoms with Gasteiger partial charge in [-0.05, 0) is 50.1 Å². The van der Waals surface area contributed by atoms with Gasteiger partial charge in [-0.1, -0.05) is 30.7 Å². The molecule has 0 aromatic heterocycles. The molecule has 0 unspecified atom stereocenters. The summed E-state index contributed by atoms with van der Waals surface area (Å²) in [5.74, 6) is -0.165. The monoisotopic (exact) mass is 346 g/mol. The summed E-state index contributed by atoms with van der Waals surface area (Å²) in [5.41, 5.74) is 3.30. The third-order valence-corrected chi connectivity index (χ3v) is 5.08. The van der Waals surface area contributed by atoms with Crippen LogP contribution in [0.25, 0.3) is 0 Å². The van der Waals surface area contributed by atoms with E-state index in [4.69, 9.17) is 0 Å². The van der Waals surface area contributed by atoms with E-state index in [2.05, 4.69) is 10.0 Å². The molecule has 1 amide bonds. The average Bonchev–Trinajstić information content (AvgIpc) is 2.51. The fraction of sp³-hybridized carbons (Fsp3) is 0.278. The van der Waals surface area contributed by atoms with Crippen molar-refractivity contribution in [3.63, 3.8) is 0 Å². The second-order valence-corrected chi connectivity index (χ2v) is 7.56. The van der Waals surface area contributed by atoms with Crippen LogP contribution in [0.15, 0.2) is 42.5 Å². The number of hydrogen-bond donors (Lipinski definition) is 2. The number of nitrogens with one attached hydrogen (secondary N) is 2. The Hall–Kier alpha value is -2.34. The SMILES string of the molecule is CCCS(=O)(=O)Nc1cccc(NC(=O)c2cccc(C)c2)c1C. The van der Waals surface area contributed by atoms with Gasteiger partial charge in [0.15, 0.2) is 0 Å². The number of amides is 1. The maximum Gasteiger partial charge on any atom is 0.255 e. The van der Waals surface area contributed by atoms with E-state index in [1.54, 1.807) is 37.3 Å². The van der Waals surface area contributed by atoms with Crippen molar-refractivity contribution >= 4 is 27.3 Å². The summed E-state index contributed by atoms with van der Waals surface area (Å²) in [4.78, 5) is 12.4. The highest BCUT2D eigenvalue weighted by molar-refractivity contribution is 7.92. The Labute approximate surface area is 143 Å². The number of carbonyl (C=O) groups excluding carboxylic acids is 1. The minimum atomic E-state index is -3.37. The van der Waals surface area contributed by atoms with Crippen LogP contribution in [-0.4, -0.2) is 20.1 Å². The predicted molar refractivity (Wildman–Crippen MR) is 98.0 cm³/mol. The first-order chi connectivity index (χ1) is 11.3. The lowest BCUT2D eigenvalue weighted by atomic mass is 10.1. The van der Waals surface area contributed by atoms with Crippen molar-refractivity contribution in [1.82, 2.24) is 0 Å². The number of aryl methyl sites for hydroxylation is 1. The second-order valence-electron chi connectivity index (χ2n) is 5.72. The summed E-state index contributed by atoms with van der Waals surface area (Å²) in [5, 5.41) is 2.84. The first-order valence-electron chi connectivity index (χ1n) is 7.80. The molecule has 0 saturated heterocycles. The number of anilines is 2. The van der Waals surface area contributed by atoms with Crippen molar-refractivity contribution in [3.05, 3.63) is 59.2 Å². The minimum absolute atomic E-state index is 0.0618. The summed E-state index contributed by atoms with van der Waals surface area (Å²) in [6.45, 7) is 5.51. The van der Waals surface area contributed by atoms with Crippen molar-refractivity contribution in [3.8, 4) is 0 Å². The van der Waals surface area contributed by atoms with Crippen LogP contribution >= 0.6 is 0 Å². The zero-order valence-corrected chi connectivity index (χ0v) is 14.9. The van der Waals surface area contributed by atoms with E-state index in [1.165, 1.54) is 0 Å². The lowest BCUT2D eigenvalue weighted by Gasteiger charge is -2.14. The van der Waals surface area contributed by atoms with Gasteiger partial charge in [0.1, 0.15) is 0 Å². The smallest absolute Gasteiger partial charge is 0.255 e. The number of carbonyl (C=O) groups is 1. The quantitative estimate of drug-likeness (QED) is 0.837. The molecule has 128 valence electrons. The Kier molecular flexibility index (Phi) is 5.62. The highest BCUT2D eigenvalue weighted by atomic mass is 32.2. The highest BCUT2D eigenvalue weighted by Crippen LogP contribution is 2.25. The summed E-state index contributed by atoms with van der Waals surface area (Å²) < 4.78 is 26.5. The fourth-order valence-electron chi connectivity index (χ4n) is 2.35. The molecule has 0 saturated carbocycles. The zero-order valence-electron chi connectivity index (χ0n) is 14.1. The topological polar surface area (TPSA) is 75.3 Å². The molecule has 0 fully saturated rings. The maximum atomic E-state index is 12.4. The molecular weight excluding hydrogens is 324 g/mol. The summed E-state index contributed by atoms with van der Waals surface area (Å²) in [7, 11) is -3.37. The number of rotatable bonds is 6. The minimum Gasteiger partial charge on any atom is -0.322 e. The van der Waals surface area contributed by atoms with Crippen molar-refractivity contribution in [2.75, 3.05) is 15.8 Å². The van der Waals surface area contributed by atoms with Gasteiger partial charge in [-0.15, -0.1) is 0 Å². The highest BCUT2D eigenvalue weighted by Gasteiger charge is 2.14.